The van der Waals surface area contributed by atoms with Gasteiger partial charge in [-0.3, -0.25) is 9.78 Å². The highest BCUT2D eigenvalue weighted by Gasteiger charge is 2.21. The van der Waals surface area contributed by atoms with Gasteiger partial charge < -0.3 is 9.64 Å². The van der Waals surface area contributed by atoms with E-state index in [0.717, 1.165) is 19.5 Å². The molecule has 1 fully saturated rings. The molecule has 6 nitrogen and oxygen atoms in total. The van der Waals surface area contributed by atoms with Crippen molar-refractivity contribution in [3.8, 4) is 17.3 Å². The molecule has 108 valence electrons. The maximum absolute atomic E-state index is 10.8. The summed E-state index contributed by atoms with van der Waals surface area (Å²) in [5.41, 5.74) is 1.58. The summed E-state index contributed by atoms with van der Waals surface area (Å²) in [5.74, 6) is 0.492. The summed E-state index contributed by atoms with van der Waals surface area (Å²) in [4.78, 5) is 25.8. The van der Waals surface area contributed by atoms with Crippen LogP contribution in [0.1, 0.15) is 16.9 Å². The SMILES string of the molecule is CN1CCC(Oc2cncc(-c3cccc(C=O)n3)n2)C1. The Morgan fingerprint density at radius 3 is 2.95 bits per heavy atom. The molecule has 0 bridgehead atoms. The summed E-state index contributed by atoms with van der Waals surface area (Å²) in [5, 5.41) is 0. The molecule has 2 aromatic heterocycles. The highest BCUT2D eigenvalue weighted by molar-refractivity contribution is 5.73. The summed E-state index contributed by atoms with van der Waals surface area (Å²) >= 11 is 0. The summed E-state index contributed by atoms with van der Waals surface area (Å²) in [6.07, 6.45) is 5.07. The van der Waals surface area contributed by atoms with Crippen molar-refractivity contribution < 1.29 is 9.53 Å². The van der Waals surface area contributed by atoms with Gasteiger partial charge >= 0.3 is 0 Å². The molecule has 1 aliphatic rings. The first-order valence-electron chi connectivity index (χ1n) is 6.84. The topological polar surface area (TPSA) is 68.2 Å². The lowest BCUT2D eigenvalue weighted by Gasteiger charge is -2.13. The van der Waals surface area contributed by atoms with E-state index in [1.807, 2.05) is 0 Å². The Morgan fingerprint density at radius 1 is 1.29 bits per heavy atom. The van der Waals surface area contributed by atoms with Crippen LogP contribution in [0.15, 0.2) is 30.6 Å². The van der Waals surface area contributed by atoms with E-state index in [-0.39, 0.29) is 6.10 Å². The minimum absolute atomic E-state index is 0.147. The molecule has 1 atom stereocenters. The van der Waals surface area contributed by atoms with Gasteiger partial charge in [0.1, 0.15) is 17.5 Å². The fourth-order valence-corrected chi connectivity index (χ4v) is 2.35. The molecule has 1 aliphatic heterocycles. The number of hydrogen-bond donors (Lipinski definition) is 0. The second-order valence-electron chi connectivity index (χ2n) is 5.10. The minimum Gasteiger partial charge on any atom is -0.472 e. The van der Waals surface area contributed by atoms with Crippen LogP contribution in [-0.2, 0) is 0 Å². The Morgan fingerprint density at radius 2 is 2.19 bits per heavy atom. The number of carbonyl (C=O) groups is 1. The van der Waals surface area contributed by atoms with Gasteiger partial charge in [0.15, 0.2) is 6.29 Å². The molecule has 1 saturated heterocycles. The number of rotatable bonds is 4. The number of carbonyl (C=O) groups excluding carboxylic acids is 1. The number of likely N-dealkylation sites (tertiary alicyclic amines) is 1. The van der Waals surface area contributed by atoms with E-state index in [1.54, 1.807) is 30.6 Å². The molecule has 6 heteroatoms. The van der Waals surface area contributed by atoms with Crippen molar-refractivity contribution in [2.75, 3.05) is 20.1 Å². The van der Waals surface area contributed by atoms with Crippen LogP contribution in [-0.4, -0.2) is 52.4 Å². The molecule has 3 rings (SSSR count). The van der Waals surface area contributed by atoms with E-state index in [0.29, 0.717) is 29.2 Å². The maximum Gasteiger partial charge on any atom is 0.233 e. The molecule has 2 aromatic rings. The second kappa shape index (κ2) is 5.97. The Balaban J connectivity index is 1.80. The number of ether oxygens (including phenoxy) is 1. The first kappa shape index (κ1) is 13.6. The maximum atomic E-state index is 10.8. The lowest BCUT2D eigenvalue weighted by Crippen LogP contribution is -2.21. The van der Waals surface area contributed by atoms with Gasteiger partial charge in [-0.25, -0.2) is 9.97 Å². The van der Waals surface area contributed by atoms with E-state index in [2.05, 4.69) is 26.9 Å². The molecule has 1 unspecified atom stereocenters. The average Bonchev–Trinajstić information content (AvgIpc) is 2.93. The number of aldehydes is 1. The largest absolute Gasteiger partial charge is 0.472 e. The number of aromatic nitrogens is 3. The summed E-state index contributed by atoms with van der Waals surface area (Å²) in [7, 11) is 2.07. The van der Waals surface area contributed by atoms with Crippen LogP contribution in [0.3, 0.4) is 0 Å². The summed E-state index contributed by atoms with van der Waals surface area (Å²) in [6.45, 7) is 1.92. The highest BCUT2D eigenvalue weighted by Crippen LogP contribution is 2.19. The summed E-state index contributed by atoms with van der Waals surface area (Å²) in [6, 6.07) is 5.22. The van der Waals surface area contributed by atoms with Gasteiger partial charge in [0, 0.05) is 13.1 Å². The standard InChI is InChI=1S/C15H16N4O2/c1-19-6-5-12(9-19)21-15-8-16-7-14(18-15)13-4-2-3-11(10-20)17-13/h2-4,7-8,10,12H,5-6,9H2,1H3. The van der Waals surface area contributed by atoms with Gasteiger partial charge in [0.05, 0.1) is 18.1 Å². The predicted octanol–water partition coefficient (Wildman–Crippen LogP) is 1.43. The third kappa shape index (κ3) is 3.22. The molecule has 0 aliphatic carbocycles. The quantitative estimate of drug-likeness (QED) is 0.791. The van der Waals surface area contributed by atoms with Crippen molar-refractivity contribution in [3.63, 3.8) is 0 Å². The zero-order valence-corrected chi connectivity index (χ0v) is 11.8. The number of likely N-dealkylation sites (N-methyl/N-ethyl adjacent to an activating group) is 1. The van der Waals surface area contributed by atoms with Crippen LogP contribution < -0.4 is 4.74 Å². The van der Waals surface area contributed by atoms with Crippen LogP contribution in [0, 0.1) is 0 Å². The predicted molar refractivity (Wildman–Crippen MR) is 77.2 cm³/mol. The molecule has 3 heterocycles. The van der Waals surface area contributed by atoms with Gasteiger partial charge in [-0.1, -0.05) is 6.07 Å². The second-order valence-corrected chi connectivity index (χ2v) is 5.10. The van der Waals surface area contributed by atoms with Crippen LogP contribution in [0.2, 0.25) is 0 Å². The van der Waals surface area contributed by atoms with Crippen molar-refractivity contribution in [1.29, 1.82) is 0 Å². The minimum atomic E-state index is 0.147. The van der Waals surface area contributed by atoms with Gasteiger partial charge in [-0.2, -0.15) is 0 Å². The van der Waals surface area contributed by atoms with E-state index in [4.69, 9.17) is 4.74 Å². The Labute approximate surface area is 122 Å². The highest BCUT2D eigenvalue weighted by atomic mass is 16.5. The molecule has 0 N–H and O–H groups in total. The zero-order valence-electron chi connectivity index (χ0n) is 11.8. The van der Waals surface area contributed by atoms with Gasteiger partial charge in [-0.05, 0) is 25.6 Å². The molecular weight excluding hydrogens is 268 g/mol. The van der Waals surface area contributed by atoms with Crippen molar-refractivity contribution in [1.82, 2.24) is 19.9 Å². The Kier molecular flexibility index (Phi) is 3.87. The van der Waals surface area contributed by atoms with Gasteiger partial charge in [0.2, 0.25) is 5.88 Å². The van der Waals surface area contributed by atoms with Gasteiger partial charge in [-0.15, -0.1) is 0 Å². The van der Waals surface area contributed by atoms with Crippen molar-refractivity contribution in [2.24, 2.45) is 0 Å². The first-order valence-corrected chi connectivity index (χ1v) is 6.84. The molecule has 0 aromatic carbocycles. The van der Waals surface area contributed by atoms with Crippen molar-refractivity contribution >= 4 is 6.29 Å². The molecule has 0 spiro atoms. The fraction of sp³-hybridized carbons (Fsp3) is 0.333. The third-order valence-corrected chi connectivity index (χ3v) is 3.40. The van der Waals surface area contributed by atoms with E-state index in [1.165, 1.54) is 0 Å². The summed E-state index contributed by atoms with van der Waals surface area (Å²) < 4.78 is 5.85. The first-order chi connectivity index (χ1) is 10.2. The zero-order chi connectivity index (χ0) is 14.7. The van der Waals surface area contributed by atoms with Crippen LogP contribution in [0.25, 0.3) is 11.4 Å². The van der Waals surface area contributed by atoms with Gasteiger partial charge in [0.25, 0.3) is 0 Å². The Hall–Kier alpha value is -2.34. The lowest BCUT2D eigenvalue weighted by molar-refractivity contribution is 0.111. The van der Waals surface area contributed by atoms with E-state index in [9.17, 15) is 4.79 Å². The molecule has 0 amide bonds. The molecule has 0 saturated carbocycles. The average molecular weight is 284 g/mol. The Bertz CT molecular complexity index is 647. The van der Waals surface area contributed by atoms with E-state index < -0.39 is 0 Å². The number of pyridine rings is 1. The van der Waals surface area contributed by atoms with Crippen LogP contribution >= 0.6 is 0 Å². The third-order valence-electron chi connectivity index (χ3n) is 3.40. The van der Waals surface area contributed by atoms with Crippen LogP contribution in [0.5, 0.6) is 5.88 Å². The molecule has 21 heavy (non-hydrogen) atoms. The number of nitrogens with zero attached hydrogens (tertiary/aromatic N) is 4. The van der Waals surface area contributed by atoms with Crippen molar-refractivity contribution in [2.45, 2.75) is 12.5 Å². The molecular formula is C15H16N4O2. The normalized spacial score (nSPS) is 18.6. The van der Waals surface area contributed by atoms with Crippen LogP contribution in [0.4, 0.5) is 0 Å². The van der Waals surface area contributed by atoms with Crippen molar-refractivity contribution in [3.05, 3.63) is 36.3 Å². The monoisotopic (exact) mass is 284 g/mol. The smallest absolute Gasteiger partial charge is 0.233 e. The lowest BCUT2D eigenvalue weighted by atomic mass is 10.2. The molecule has 0 radical (unpaired) electrons. The number of hydrogen-bond acceptors (Lipinski definition) is 6. The fourth-order valence-electron chi connectivity index (χ4n) is 2.35. The van der Waals surface area contributed by atoms with E-state index >= 15 is 0 Å².